The summed E-state index contributed by atoms with van der Waals surface area (Å²) in [5.74, 6) is -0.299. The molecule has 3 rings (SSSR count). The van der Waals surface area contributed by atoms with E-state index in [0.29, 0.717) is 11.3 Å². The van der Waals surface area contributed by atoms with Gasteiger partial charge in [0.15, 0.2) is 17.3 Å². The molecule has 0 saturated heterocycles. The number of hydrogen-bond acceptors (Lipinski definition) is 8. The van der Waals surface area contributed by atoms with Crippen LogP contribution in [0, 0.1) is 0 Å². The Labute approximate surface area is 155 Å². The van der Waals surface area contributed by atoms with E-state index in [4.69, 9.17) is 23.7 Å². The number of ketones is 1. The van der Waals surface area contributed by atoms with Crippen LogP contribution >= 0.6 is 0 Å². The van der Waals surface area contributed by atoms with Crippen LogP contribution in [0.1, 0.15) is 28.4 Å². The Hall–Kier alpha value is -3.29. The molecule has 0 aliphatic carbocycles. The summed E-state index contributed by atoms with van der Waals surface area (Å²) in [6.07, 6.45) is -0.958. The lowest BCUT2D eigenvalue weighted by Crippen LogP contribution is -2.22. The number of rotatable bonds is 5. The molecule has 0 unspecified atom stereocenters. The predicted octanol–water partition coefficient (Wildman–Crippen LogP) is 2.84. The number of benzene rings is 2. The van der Waals surface area contributed by atoms with Crippen molar-refractivity contribution in [2.75, 3.05) is 28.4 Å². The number of hydrogen-bond donors (Lipinski definition) is 2. The van der Waals surface area contributed by atoms with Crippen LogP contribution < -0.4 is 23.7 Å². The van der Waals surface area contributed by atoms with Crippen molar-refractivity contribution in [2.45, 2.75) is 12.5 Å². The third kappa shape index (κ3) is 2.83. The van der Waals surface area contributed by atoms with Crippen molar-refractivity contribution in [3.05, 3.63) is 29.3 Å². The normalized spacial score (nSPS) is 15.6. The van der Waals surface area contributed by atoms with E-state index in [2.05, 4.69) is 0 Å². The van der Waals surface area contributed by atoms with Gasteiger partial charge in [-0.1, -0.05) is 6.07 Å². The molecule has 0 aromatic heterocycles. The van der Waals surface area contributed by atoms with Gasteiger partial charge in [0.25, 0.3) is 0 Å². The van der Waals surface area contributed by atoms with Crippen LogP contribution in [-0.2, 0) is 0 Å². The van der Waals surface area contributed by atoms with E-state index in [0.717, 1.165) is 0 Å². The van der Waals surface area contributed by atoms with Gasteiger partial charge in [0.05, 0.1) is 40.4 Å². The van der Waals surface area contributed by atoms with Crippen molar-refractivity contribution in [3.8, 4) is 40.2 Å². The summed E-state index contributed by atoms with van der Waals surface area (Å²) in [4.78, 5) is 12.8. The van der Waals surface area contributed by atoms with Gasteiger partial charge in [0.2, 0.25) is 17.2 Å². The molecular weight excluding hydrogens is 356 g/mol. The minimum atomic E-state index is -0.840. The third-order valence-electron chi connectivity index (χ3n) is 4.40. The molecule has 2 aromatic carbocycles. The Morgan fingerprint density at radius 2 is 1.63 bits per heavy atom. The zero-order valence-electron chi connectivity index (χ0n) is 15.4. The summed E-state index contributed by atoms with van der Waals surface area (Å²) in [6.45, 7) is 0. The molecule has 2 N–H and O–H groups in total. The van der Waals surface area contributed by atoms with Crippen molar-refractivity contribution in [3.63, 3.8) is 0 Å². The molecule has 144 valence electrons. The number of Topliss-reactive ketones (excluding diaryl/α,β-unsaturated/α-hetero) is 1. The molecule has 8 nitrogen and oxygen atoms in total. The zero-order chi connectivity index (χ0) is 19.7. The van der Waals surface area contributed by atoms with Gasteiger partial charge >= 0.3 is 0 Å². The van der Waals surface area contributed by atoms with E-state index in [9.17, 15) is 15.0 Å². The third-order valence-corrected chi connectivity index (χ3v) is 4.40. The second-order valence-electron chi connectivity index (χ2n) is 5.78. The first-order chi connectivity index (χ1) is 13.0. The van der Waals surface area contributed by atoms with Gasteiger partial charge in [-0.2, -0.15) is 0 Å². The summed E-state index contributed by atoms with van der Waals surface area (Å²) in [6, 6.07) is 4.75. The molecule has 8 heteroatoms. The molecule has 27 heavy (non-hydrogen) atoms. The highest BCUT2D eigenvalue weighted by Crippen LogP contribution is 2.56. The van der Waals surface area contributed by atoms with E-state index in [-0.39, 0.29) is 40.7 Å². The van der Waals surface area contributed by atoms with Crippen molar-refractivity contribution in [2.24, 2.45) is 0 Å². The molecule has 1 atom stereocenters. The minimum absolute atomic E-state index is 0.0132. The monoisotopic (exact) mass is 376 g/mol. The fraction of sp³-hybridized carbons (Fsp3) is 0.316. The number of aromatic hydroxyl groups is 2. The van der Waals surface area contributed by atoms with Crippen LogP contribution in [0.15, 0.2) is 18.2 Å². The van der Waals surface area contributed by atoms with Crippen molar-refractivity contribution >= 4 is 5.78 Å². The Bertz CT molecular complexity index is 890. The Balaban J connectivity index is 2.21. The van der Waals surface area contributed by atoms with Gasteiger partial charge < -0.3 is 33.9 Å². The highest BCUT2D eigenvalue weighted by molar-refractivity contribution is 6.05. The average Bonchev–Trinajstić information content (AvgIpc) is 2.66. The highest BCUT2D eigenvalue weighted by atomic mass is 16.6. The van der Waals surface area contributed by atoms with Gasteiger partial charge in [0.1, 0.15) is 23.2 Å². The number of carbonyl (C=O) groups is 1. The van der Waals surface area contributed by atoms with E-state index >= 15 is 0 Å². The molecule has 1 heterocycles. The number of phenolic OH excluding ortho intramolecular Hbond substituents is 2. The lowest BCUT2D eigenvalue weighted by molar-refractivity contribution is 0.0827. The zero-order valence-corrected chi connectivity index (χ0v) is 15.4. The van der Waals surface area contributed by atoms with Crippen LogP contribution in [0.4, 0.5) is 0 Å². The number of ether oxygens (including phenoxy) is 5. The van der Waals surface area contributed by atoms with E-state index in [1.807, 2.05) is 0 Å². The topological polar surface area (TPSA) is 104 Å². The van der Waals surface area contributed by atoms with Crippen LogP contribution in [0.5, 0.6) is 40.2 Å². The van der Waals surface area contributed by atoms with E-state index in [1.54, 1.807) is 12.1 Å². The minimum Gasteiger partial charge on any atom is -0.507 e. The Morgan fingerprint density at radius 3 is 2.22 bits per heavy atom. The first-order valence-corrected chi connectivity index (χ1v) is 8.09. The standard InChI is InChI=1S/C19H20O8/c1-23-11-7-5-6-9(20)13(11)12-8-10(21)14-15(22)17(24-2)19(26-4)18(25-3)16(14)27-12/h5-7,12,20,22H,8H2,1-4H3/t12-/m0/s1. The molecular formula is C19H20O8. The first-order valence-electron chi connectivity index (χ1n) is 8.09. The molecule has 0 saturated carbocycles. The summed E-state index contributed by atoms with van der Waals surface area (Å²) in [7, 11) is 5.55. The lowest BCUT2D eigenvalue weighted by Gasteiger charge is -2.29. The fourth-order valence-electron chi connectivity index (χ4n) is 3.23. The van der Waals surface area contributed by atoms with Gasteiger partial charge in [-0.15, -0.1) is 0 Å². The fourth-order valence-corrected chi connectivity index (χ4v) is 3.23. The number of fused-ring (bicyclic) bond motifs is 1. The molecule has 0 bridgehead atoms. The van der Waals surface area contributed by atoms with Crippen LogP contribution in [0.25, 0.3) is 0 Å². The average molecular weight is 376 g/mol. The molecule has 0 spiro atoms. The van der Waals surface area contributed by atoms with E-state index in [1.165, 1.54) is 34.5 Å². The highest BCUT2D eigenvalue weighted by Gasteiger charge is 2.39. The first kappa shape index (κ1) is 18.5. The quantitative estimate of drug-likeness (QED) is 0.821. The summed E-state index contributed by atoms with van der Waals surface area (Å²) < 4.78 is 27.1. The van der Waals surface area contributed by atoms with Gasteiger partial charge in [0, 0.05) is 0 Å². The van der Waals surface area contributed by atoms with Gasteiger partial charge in [-0.3, -0.25) is 4.79 Å². The predicted molar refractivity (Wildman–Crippen MR) is 94.7 cm³/mol. The molecule has 0 amide bonds. The molecule has 1 aliphatic rings. The number of methoxy groups -OCH3 is 4. The van der Waals surface area contributed by atoms with Crippen molar-refractivity contribution in [1.29, 1.82) is 0 Å². The van der Waals surface area contributed by atoms with Gasteiger partial charge in [-0.25, -0.2) is 0 Å². The largest absolute Gasteiger partial charge is 0.507 e. The smallest absolute Gasteiger partial charge is 0.211 e. The summed E-state index contributed by atoms with van der Waals surface area (Å²) >= 11 is 0. The maximum atomic E-state index is 12.8. The molecule has 1 aliphatic heterocycles. The second kappa shape index (κ2) is 7.14. The van der Waals surface area contributed by atoms with Crippen LogP contribution in [-0.4, -0.2) is 44.4 Å². The number of carbonyl (C=O) groups excluding carboxylic acids is 1. The summed E-state index contributed by atoms with van der Waals surface area (Å²) in [5, 5.41) is 20.8. The SMILES string of the molecule is COc1cccc(O)c1[C@@H]1CC(=O)c2c(O)c(OC)c(OC)c(OC)c2O1. The molecule has 2 aromatic rings. The Kier molecular flexibility index (Phi) is 4.89. The van der Waals surface area contributed by atoms with Crippen LogP contribution in [0.2, 0.25) is 0 Å². The van der Waals surface area contributed by atoms with Crippen molar-refractivity contribution < 1.29 is 38.7 Å². The number of phenols is 2. The molecule has 0 radical (unpaired) electrons. The molecule has 0 fully saturated rings. The van der Waals surface area contributed by atoms with Crippen molar-refractivity contribution in [1.82, 2.24) is 0 Å². The Morgan fingerprint density at radius 1 is 0.963 bits per heavy atom. The van der Waals surface area contributed by atoms with E-state index < -0.39 is 17.6 Å². The lowest BCUT2D eigenvalue weighted by atomic mass is 9.93. The maximum Gasteiger partial charge on any atom is 0.211 e. The second-order valence-corrected chi connectivity index (χ2v) is 5.78. The maximum absolute atomic E-state index is 12.8. The van der Waals surface area contributed by atoms with Crippen LogP contribution in [0.3, 0.4) is 0 Å². The van der Waals surface area contributed by atoms with Gasteiger partial charge in [-0.05, 0) is 12.1 Å². The summed E-state index contributed by atoms with van der Waals surface area (Å²) in [5.41, 5.74) is 0.269.